The largest absolute Gasteiger partial charge is 0.352 e. The Balaban J connectivity index is 2.29. The second-order valence-corrected chi connectivity index (χ2v) is 5.28. The van der Waals surface area contributed by atoms with Gasteiger partial charge in [0.1, 0.15) is 0 Å². The molecule has 0 aromatic heterocycles. The summed E-state index contributed by atoms with van der Waals surface area (Å²) < 4.78 is 0. The highest BCUT2D eigenvalue weighted by atomic mass is 35.5. The highest BCUT2D eigenvalue weighted by Crippen LogP contribution is 2.26. The normalized spacial score (nSPS) is 12.2. The third-order valence-corrected chi connectivity index (χ3v) is 3.70. The minimum atomic E-state index is 0.0301. The molecule has 5 heteroatoms. The highest BCUT2D eigenvalue weighted by molar-refractivity contribution is 7.99. The smallest absolute Gasteiger partial charge is 0.221 e. The van der Waals surface area contributed by atoms with E-state index in [-0.39, 0.29) is 11.9 Å². The van der Waals surface area contributed by atoms with Gasteiger partial charge in [-0.3, -0.25) is 4.79 Å². The lowest BCUT2D eigenvalue weighted by atomic mass is 10.3. The van der Waals surface area contributed by atoms with E-state index in [1.54, 1.807) is 11.8 Å². The zero-order chi connectivity index (χ0) is 12.7. The van der Waals surface area contributed by atoms with Gasteiger partial charge in [-0.15, -0.1) is 11.8 Å². The van der Waals surface area contributed by atoms with Crippen LogP contribution < -0.4 is 11.1 Å². The zero-order valence-corrected chi connectivity index (χ0v) is 11.4. The van der Waals surface area contributed by atoms with E-state index < -0.39 is 0 Å². The van der Waals surface area contributed by atoms with Crippen LogP contribution in [0.3, 0.4) is 0 Å². The van der Waals surface area contributed by atoms with Gasteiger partial charge in [0.05, 0.1) is 5.02 Å². The first-order chi connectivity index (χ1) is 8.13. The number of rotatable bonds is 6. The van der Waals surface area contributed by atoms with Gasteiger partial charge in [0.15, 0.2) is 0 Å². The van der Waals surface area contributed by atoms with Crippen molar-refractivity contribution in [2.24, 2.45) is 5.73 Å². The van der Waals surface area contributed by atoms with E-state index in [2.05, 4.69) is 5.32 Å². The summed E-state index contributed by atoms with van der Waals surface area (Å²) in [7, 11) is 0. The number of amides is 1. The minimum absolute atomic E-state index is 0.0301. The first kappa shape index (κ1) is 14.4. The van der Waals surface area contributed by atoms with Gasteiger partial charge in [-0.05, 0) is 19.1 Å². The Labute approximate surface area is 111 Å². The number of halogens is 1. The molecule has 0 saturated heterocycles. The van der Waals surface area contributed by atoms with Crippen molar-refractivity contribution in [2.45, 2.75) is 24.3 Å². The van der Waals surface area contributed by atoms with Crippen LogP contribution in [0.25, 0.3) is 0 Å². The minimum Gasteiger partial charge on any atom is -0.352 e. The molecular weight excluding hydrogens is 256 g/mol. The van der Waals surface area contributed by atoms with E-state index in [1.807, 2.05) is 31.2 Å². The number of hydrogen-bond donors (Lipinski definition) is 2. The topological polar surface area (TPSA) is 55.1 Å². The first-order valence-corrected chi connectivity index (χ1v) is 6.86. The molecule has 0 heterocycles. The lowest BCUT2D eigenvalue weighted by Crippen LogP contribution is -2.37. The van der Waals surface area contributed by atoms with Crippen LogP contribution in [0.1, 0.15) is 13.3 Å². The van der Waals surface area contributed by atoms with Crippen molar-refractivity contribution in [2.75, 3.05) is 12.3 Å². The summed E-state index contributed by atoms with van der Waals surface area (Å²) in [6.07, 6.45) is 0.472. The quantitative estimate of drug-likeness (QED) is 0.781. The van der Waals surface area contributed by atoms with Crippen LogP contribution in [-0.4, -0.2) is 24.2 Å². The molecule has 1 amide bonds. The molecule has 0 fully saturated rings. The molecule has 0 unspecified atom stereocenters. The van der Waals surface area contributed by atoms with Crippen molar-refractivity contribution >= 4 is 29.3 Å². The van der Waals surface area contributed by atoms with E-state index in [0.717, 1.165) is 9.92 Å². The van der Waals surface area contributed by atoms with E-state index in [0.29, 0.717) is 18.7 Å². The number of thioether (sulfide) groups is 1. The number of nitrogens with one attached hydrogen (secondary N) is 1. The predicted molar refractivity (Wildman–Crippen MR) is 73.5 cm³/mol. The van der Waals surface area contributed by atoms with Gasteiger partial charge in [-0.1, -0.05) is 23.7 Å². The average molecular weight is 273 g/mol. The van der Waals surface area contributed by atoms with E-state index in [9.17, 15) is 4.79 Å². The van der Waals surface area contributed by atoms with E-state index in [1.165, 1.54) is 0 Å². The van der Waals surface area contributed by atoms with Gasteiger partial charge in [0, 0.05) is 29.7 Å². The van der Waals surface area contributed by atoms with Crippen LogP contribution in [0.4, 0.5) is 0 Å². The Bertz CT molecular complexity index is 373. The third-order valence-electron chi connectivity index (χ3n) is 2.18. The summed E-state index contributed by atoms with van der Waals surface area (Å²) in [5.74, 6) is 0.745. The molecule has 0 radical (unpaired) electrons. The third kappa shape index (κ3) is 5.44. The number of carbonyl (C=O) groups excluding carboxylic acids is 1. The predicted octanol–water partition coefficient (Wildman–Crippen LogP) is 2.29. The van der Waals surface area contributed by atoms with Gasteiger partial charge in [0.2, 0.25) is 5.91 Å². The lowest BCUT2D eigenvalue weighted by Gasteiger charge is -2.11. The molecule has 0 aliphatic rings. The van der Waals surface area contributed by atoms with Crippen LogP contribution >= 0.6 is 23.4 Å². The van der Waals surface area contributed by atoms with Crippen molar-refractivity contribution in [3.05, 3.63) is 29.3 Å². The van der Waals surface area contributed by atoms with Gasteiger partial charge in [-0.25, -0.2) is 0 Å². The monoisotopic (exact) mass is 272 g/mol. The first-order valence-electron chi connectivity index (χ1n) is 5.50. The van der Waals surface area contributed by atoms with Crippen molar-refractivity contribution in [3.8, 4) is 0 Å². The lowest BCUT2D eigenvalue weighted by molar-refractivity contribution is -0.121. The highest BCUT2D eigenvalue weighted by Gasteiger charge is 2.06. The van der Waals surface area contributed by atoms with Gasteiger partial charge in [-0.2, -0.15) is 0 Å². The van der Waals surface area contributed by atoms with Crippen LogP contribution in [0.2, 0.25) is 5.02 Å². The van der Waals surface area contributed by atoms with Gasteiger partial charge < -0.3 is 11.1 Å². The Hall–Kier alpha value is -0.710. The zero-order valence-electron chi connectivity index (χ0n) is 9.78. The summed E-state index contributed by atoms with van der Waals surface area (Å²) in [5, 5.41) is 3.55. The fourth-order valence-corrected chi connectivity index (χ4v) is 2.41. The molecule has 3 nitrogen and oxygen atoms in total. The molecule has 17 heavy (non-hydrogen) atoms. The summed E-state index contributed by atoms with van der Waals surface area (Å²) in [4.78, 5) is 12.5. The second kappa shape index (κ2) is 7.58. The maximum Gasteiger partial charge on any atom is 0.221 e. The number of nitrogens with two attached hydrogens (primary N) is 1. The Morgan fingerprint density at radius 2 is 2.24 bits per heavy atom. The Kier molecular flexibility index (Phi) is 6.40. The fraction of sp³-hybridized carbons (Fsp3) is 0.417. The summed E-state index contributed by atoms with van der Waals surface area (Å²) >= 11 is 7.59. The van der Waals surface area contributed by atoms with E-state index >= 15 is 0 Å². The van der Waals surface area contributed by atoms with Crippen LogP contribution in [0, 0.1) is 0 Å². The fourth-order valence-electron chi connectivity index (χ4n) is 1.22. The van der Waals surface area contributed by atoms with Crippen molar-refractivity contribution < 1.29 is 4.79 Å². The molecule has 1 aromatic rings. The number of benzene rings is 1. The summed E-state index contributed by atoms with van der Waals surface area (Å²) in [6.45, 7) is 2.35. The maximum absolute atomic E-state index is 11.5. The molecule has 1 rings (SSSR count). The summed E-state index contributed by atoms with van der Waals surface area (Å²) in [6, 6.07) is 7.66. The number of hydrogen-bond acceptors (Lipinski definition) is 3. The Morgan fingerprint density at radius 1 is 1.53 bits per heavy atom. The molecular formula is C12H17ClN2OS. The molecule has 0 aliphatic heterocycles. The molecule has 1 atom stereocenters. The summed E-state index contributed by atoms with van der Waals surface area (Å²) in [5.41, 5.74) is 5.42. The van der Waals surface area contributed by atoms with Crippen molar-refractivity contribution in [1.29, 1.82) is 0 Å². The van der Waals surface area contributed by atoms with Gasteiger partial charge >= 0.3 is 0 Å². The Morgan fingerprint density at radius 3 is 2.88 bits per heavy atom. The second-order valence-electron chi connectivity index (χ2n) is 3.73. The van der Waals surface area contributed by atoms with Crippen LogP contribution in [0.15, 0.2) is 29.2 Å². The van der Waals surface area contributed by atoms with Crippen molar-refractivity contribution in [3.63, 3.8) is 0 Å². The molecule has 1 aromatic carbocycles. The molecule has 0 saturated carbocycles. The van der Waals surface area contributed by atoms with E-state index in [4.69, 9.17) is 17.3 Å². The standard InChI is InChI=1S/C12H17ClN2OS/c1-9(8-14)15-12(16)6-7-17-11-5-3-2-4-10(11)13/h2-5,9H,6-8,14H2,1H3,(H,15,16)/t9-/m0/s1. The maximum atomic E-state index is 11.5. The molecule has 0 bridgehead atoms. The number of carbonyl (C=O) groups is 1. The van der Waals surface area contributed by atoms with Gasteiger partial charge in [0.25, 0.3) is 0 Å². The molecule has 0 aliphatic carbocycles. The molecule has 94 valence electrons. The molecule has 0 spiro atoms. The van der Waals surface area contributed by atoms with Crippen molar-refractivity contribution in [1.82, 2.24) is 5.32 Å². The SMILES string of the molecule is C[C@@H](CN)NC(=O)CCSc1ccccc1Cl. The van der Waals surface area contributed by atoms with Crippen LogP contribution in [-0.2, 0) is 4.79 Å². The van der Waals surface area contributed by atoms with Crippen LogP contribution in [0.5, 0.6) is 0 Å². The molecule has 3 N–H and O–H groups in total. The average Bonchev–Trinajstić information content (AvgIpc) is 2.31.